The van der Waals surface area contributed by atoms with Crippen molar-refractivity contribution in [2.45, 2.75) is 42.7 Å². The highest BCUT2D eigenvalue weighted by Crippen LogP contribution is 2.59. The Balaban J connectivity index is 6.09. The summed E-state index contributed by atoms with van der Waals surface area (Å²) in [6, 6.07) is 0. The summed E-state index contributed by atoms with van der Waals surface area (Å²) >= 11 is 0. The molecule has 0 aromatic heterocycles. The molecule has 0 rings (SSSR count). The van der Waals surface area contributed by atoms with Crippen LogP contribution in [0.15, 0.2) is 0 Å². The maximum absolute atomic E-state index is 12.9. The van der Waals surface area contributed by atoms with Crippen LogP contribution in [0.1, 0.15) is 6.92 Å². The monoisotopic (exact) mass is 347 g/mol. The fourth-order valence-electron chi connectivity index (χ4n) is 0.957. The van der Waals surface area contributed by atoms with Gasteiger partial charge in [-0.25, -0.2) is 13.2 Å². The Morgan fingerprint density at radius 1 is 0.667 bits per heavy atom. The Labute approximate surface area is 107 Å². The van der Waals surface area contributed by atoms with E-state index in [0.717, 1.165) is 0 Å². The molecule has 0 spiro atoms. The van der Waals surface area contributed by atoms with E-state index in [2.05, 4.69) is 0 Å². The Morgan fingerprint density at radius 2 is 1.00 bits per heavy atom. The quantitative estimate of drug-likeness (QED) is 0.597. The van der Waals surface area contributed by atoms with Crippen molar-refractivity contribution in [3.8, 4) is 0 Å². The maximum Gasteiger partial charge on any atom is 0.385 e. The molecule has 0 N–H and O–H groups in total. The van der Waals surface area contributed by atoms with Crippen LogP contribution in [-0.4, -0.2) is 35.8 Å². The number of rotatable bonds is 6. The predicted molar refractivity (Wildman–Crippen MR) is 40.8 cm³/mol. The van der Waals surface area contributed by atoms with Gasteiger partial charge < -0.3 is 0 Å². The maximum atomic E-state index is 12.9. The largest absolute Gasteiger partial charge is 0.385 e. The van der Waals surface area contributed by atoms with Crippen molar-refractivity contribution < 1.29 is 57.1 Å². The Morgan fingerprint density at radius 3 is 1.24 bits per heavy atom. The van der Waals surface area contributed by atoms with Gasteiger partial charge in [-0.15, -0.1) is 0 Å². The van der Waals surface area contributed by atoms with Crippen molar-refractivity contribution in [2.75, 3.05) is 0 Å². The average Bonchev–Trinajstić information content (AvgIpc) is 2.27. The van der Waals surface area contributed by atoms with Crippen LogP contribution in [0, 0.1) is 6.43 Å². The zero-order valence-electron chi connectivity index (χ0n) is 9.49. The van der Waals surface area contributed by atoms with E-state index in [-0.39, 0.29) is 0 Å². The van der Waals surface area contributed by atoms with Gasteiger partial charge in [0.1, 0.15) is 0 Å². The first-order chi connectivity index (χ1) is 8.89. The van der Waals surface area contributed by atoms with Gasteiger partial charge in [0.15, 0.2) is 0 Å². The molecule has 1 radical (unpaired) electrons. The van der Waals surface area contributed by atoms with E-state index in [4.69, 9.17) is 0 Å². The molecular formula is C8H4F13. The minimum atomic E-state index is -7.55. The van der Waals surface area contributed by atoms with Crippen LogP contribution >= 0.6 is 0 Å². The number of hydrogen-bond donors (Lipinski definition) is 0. The lowest BCUT2D eigenvalue weighted by Gasteiger charge is -2.40. The summed E-state index contributed by atoms with van der Waals surface area (Å²) in [5.74, 6) is -29.3. The SMILES string of the molecule is CC(F)(C(F)F)C(F)(F)C(F)(F)C(F)(F)C(F)(F)[C](F)F. The van der Waals surface area contributed by atoms with Crippen molar-refractivity contribution in [2.24, 2.45) is 0 Å². The zero-order valence-corrected chi connectivity index (χ0v) is 9.49. The van der Waals surface area contributed by atoms with Crippen LogP contribution in [0.4, 0.5) is 57.1 Å². The molecule has 0 saturated carbocycles. The van der Waals surface area contributed by atoms with Crippen LogP contribution < -0.4 is 0 Å². The van der Waals surface area contributed by atoms with Crippen molar-refractivity contribution >= 4 is 0 Å². The molecule has 1 atom stereocenters. The lowest BCUT2D eigenvalue weighted by atomic mass is 9.88. The Kier molecular flexibility index (Phi) is 4.85. The van der Waals surface area contributed by atoms with E-state index in [1.807, 2.05) is 0 Å². The summed E-state index contributed by atoms with van der Waals surface area (Å²) in [5.41, 5.74) is -5.69. The second kappa shape index (κ2) is 5.07. The predicted octanol–water partition coefficient (Wildman–Crippen LogP) is 4.95. The van der Waals surface area contributed by atoms with E-state index in [9.17, 15) is 57.1 Å². The van der Waals surface area contributed by atoms with Crippen molar-refractivity contribution in [3.63, 3.8) is 0 Å². The minimum Gasteiger partial charge on any atom is -0.231 e. The van der Waals surface area contributed by atoms with Gasteiger partial charge in [-0.2, -0.15) is 43.9 Å². The molecule has 0 heterocycles. The third-order valence-electron chi connectivity index (χ3n) is 2.44. The molecule has 127 valence electrons. The first kappa shape index (κ1) is 20.1. The average molecular weight is 347 g/mol. The fraction of sp³-hybridized carbons (Fsp3) is 0.875. The third kappa shape index (κ3) is 2.51. The summed E-state index contributed by atoms with van der Waals surface area (Å²) in [7, 11) is 0. The molecule has 0 bridgehead atoms. The molecule has 0 amide bonds. The molecule has 0 aliphatic heterocycles. The van der Waals surface area contributed by atoms with E-state index in [1.165, 1.54) is 0 Å². The molecule has 0 aliphatic carbocycles. The summed E-state index contributed by atoms with van der Waals surface area (Å²) in [5, 5.41) is 0. The molecule has 0 nitrogen and oxygen atoms in total. The number of halogens is 13. The second-order valence-electron chi connectivity index (χ2n) is 3.93. The van der Waals surface area contributed by atoms with Crippen molar-refractivity contribution in [3.05, 3.63) is 6.43 Å². The molecule has 0 fully saturated rings. The first-order valence-corrected chi connectivity index (χ1v) is 4.55. The highest BCUT2D eigenvalue weighted by atomic mass is 19.4. The van der Waals surface area contributed by atoms with Crippen molar-refractivity contribution in [1.29, 1.82) is 0 Å². The van der Waals surface area contributed by atoms with Crippen LogP contribution in [0.5, 0.6) is 0 Å². The molecule has 0 aliphatic rings. The summed E-state index contributed by atoms with van der Waals surface area (Å²) < 4.78 is 161. The molecule has 0 aromatic rings. The van der Waals surface area contributed by atoms with Gasteiger partial charge in [-0.05, 0) is 6.92 Å². The first-order valence-electron chi connectivity index (χ1n) is 4.55. The normalized spacial score (nSPS) is 18.3. The highest BCUT2D eigenvalue weighted by molar-refractivity contribution is 5.13. The number of alkyl halides is 11. The molecule has 13 heteroatoms. The smallest absolute Gasteiger partial charge is 0.231 e. The van der Waals surface area contributed by atoms with E-state index >= 15 is 0 Å². The lowest BCUT2D eigenvalue weighted by molar-refractivity contribution is -0.396. The summed E-state index contributed by atoms with van der Waals surface area (Å²) in [6.07, 6.45) is -9.68. The fourth-order valence-corrected chi connectivity index (χ4v) is 0.957. The van der Waals surface area contributed by atoms with E-state index < -0.39 is 49.1 Å². The van der Waals surface area contributed by atoms with Gasteiger partial charge >= 0.3 is 30.1 Å². The van der Waals surface area contributed by atoms with Gasteiger partial charge in [-0.1, -0.05) is 0 Å². The molecule has 21 heavy (non-hydrogen) atoms. The van der Waals surface area contributed by atoms with Gasteiger partial charge in [0.25, 0.3) is 6.43 Å². The summed E-state index contributed by atoms with van der Waals surface area (Å²) in [6.45, 7) is -0.963. The number of hydrogen-bond acceptors (Lipinski definition) is 0. The van der Waals surface area contributed by atoms with Gasteiger partial charge in [-0.3, -0.25) is 0 Å². The zero-order chi connectivity index (χ0) is 17.7. The Hall–Kier alpha value is -0.910. The standard InChI is InChI=1S/C8H4F13/c1-4(13,2(9)10)6(16,17)8(20,21)7(18,19)5(14,15)3(11)12/h2H,1H3. The molecular weight excluding hydrogens is 343 g/mol. The van der Waals surface area contributed by atoms with Crippen LogP contribution in [0.3, 0.4) is 0 Å². The molecule has 0 saturated heterocycles. The Bertz CT molecular complexity index is 334. The highest BCUT2D eigenvalue weighted by Gasteiger charge is 2.87. The van der Waals surface area contributed by atoms with E-state index in [0.29, 0.717) is 0 Å². The lowest BCUT2D eigenvalue weighted by Crippen LogP contribution is -2.69. The van der Waals surface area contributed by atoms with E-state index in [1.54, 1.807) is 0 Å². The minimum absolute atomic E-state index is 0.963. The molecule has 1 unspecified atom stereocenters. The second-order valence-corrected chi connectivity index (χ2v) is 3.93. The third-order valence-corrected chi connectivity index (χ3v) is 2.44. The van der Waals surface area contributed by atoms with Gasteiger partial charge in [0, 0.05) is 0 Å². The van der Waals surface area contributed by atoms with Crippen molar-refractivity contribution in [1.82, 2.24) is 0 Å². The molecule has 0 aromatic carbocycles. The van der Waals surface area contributed by atoms with Crippen LogP contribution in [-0.2, 0) is 0 Å². The van der Waals surface area contributed by atoms with Gasteiger partial charge in [0.05, 0.1) is 0 Å². The van der Waals surface area contributed by atoms with Crippen LogP contribution in [0.25, 0.3) is 0 Å². The van der Waals surface area contributed by atoms with Gasteiger partial charge in [0.2, 0.25) is 5.67 Å². The van der Waals surface area contributed by atoms with Crippen LogP contribution in [0.2, 0.25) is 0 Å². The topological polar surface area (TPSA) is 0 Å². The summed E-state index contributed by atoms with van der Waals surface area (Å²) in [4.78, 5) is 0.